The molecule has 1 saturated carbocycles. The van der Waals surface area contributed by atoms with Gasteiger partial charge in [-0.2, -0.15) is 0 Å². The summed E-state index contributed by atoms with van der Waals surface area (Å²) in [6.07, 6.45) is 7.83. The average Bonchev–Trinajstić information content (AvgIpc) is 3.45. The molecule has 31 heavy (non-hydrogen) atoms. The predicted molar refractivity (Wildman–Crippen MR) is 115 cm³/mol. The third-order valence-electron chi connectivity index (χ3n) is 6.67. The Kier molecular flexibility index (Phi) is 5.65. The van der Waals surface area contributed by atoms with E-state index in [2.05, 4.69) is 31.2 Å². The first-order valence-electron chi connectivity index (χ1n) is 10.8. The lowest BCUT2D eigenvalue weighted by atomic mass is 9.77. The van der Waals surface area contributed by atoms with Crippen molar-refractivity contribution in [2.24, 2.45) is 11.8 Å². The maximum Gasteiger partial charge on any atom is 0.213 e. The van der Waals surface area contributed by atoms with Crippen LogP contribution in [-0.2, 0) is 11.3 Å². The molecule has 0 unspecified atom stereocenters. The number of ether oxygens (including phenoxy) is 2. The number of fused-ring (bicyclic) bond motifs is 1. The summed E-state index contributed by atoms with van der Waals surface area (Å²) in [4.78, 5) is 11.2. The minimum atomic E-state index is 0.142. The summed E-state index contributed by atoms with van der Waals surface area (Å²) in [6.45, 7) is 3.00. The first-order valence-corrected chi connectivity index (χ1v) is 10.8. The van der Waals surface area contributed by atoms with Gasteiger partial charge in [0.05, 0.1) is 31.1 Å². The maximum atomic E-state index is 5.92. The highest BCUT2D eigenvalue weighted by molar-refractivity contribution is 5.56. The van der Waals surface area contributed by atoms with E-state index < -0.39 is 0 Å². The van der Waals surface area contributed by atoms with Crippen molar-refractivity contribution in [3.05, 3.63) is 54.6 Å². The Bertz CT molecular complexity index is 1010. The van der Waals surface area contributed by atoms with Crippen molar-refractivity contribution in [1.29, 1.82) is 0 Å². The van der Waals surface area contributed by atoms with Crippen LogP contribution < -0.4 is 4.74 Å². The van der Waals surface area contributed by atoms with Gasteiger partial charge in [-0.1, -0.05) is 11.3 Å². The van der Waals surface area contributed by atoms with Crippen molar-refractivity contribution >= 4 is 0 Å². The van der Waals surface area contributed by atoms with Gasteiger partial charge < -0.3 is 9.47 Å². The number of hydrogen-bond donors (Lipinski definition) is 0. The predicted octanol–water partition coefficient (Wildman–Crippen LogP) is 2.84. The Balaban J connectivity index is 1.29. The minimum Gasteiger partial charge on any atom is -0.481 e. The Morgan fingerprint density at radius 1 is 1.03 bits per heavy atom. The van der Waals surface area contributed by atoms with E-state index in [0.29, 0.717) is 17.7 Å². The maximum absolute atomic E-state index is 5.92. The van der Waals surface area contributed by atoms with Crippen LogP contribution in [-0.4, -0.2) is 63.3 Å². The van der Waals surface area contributed by atoms with Gasteiger partial charge in [0.2, 0.25) is 5.88 Å². The van der Waals surface area contributed by atoms with Crippen molar-refractivity contribution in [3.63, 3.8) is 0 Å². The van der Waals surface area contributed by atoms with Crippen molar-refractivity contribution in [2.45, 2.75) is 31.5 Å². The second kappa shape index (κ2) is 8.72. The lowest BCUT2D eigenvalue weighted by Crippen LogP contribution is -2.37. The van der Waals surface area contributed by atoms with Crippen LogP contribution in [0.25, 0.3) is 11.3 Å². The molecule has 5 rings (SSSR count). The average molecular weight is 421 g/mol. The fraction of sp³-hybridized carbons (Fsp3) is 0.478. The summed E-state index contributed by atoms with van der Waals surface area (Å²) in [5, 5.41) is 8.87. The zero-order valence-corrected chi connectivity index (χ0v) is 18.0. The molecular weight excluding hydrogens is 392 g/mol. The summed E-state index contributed by atoms with van der Waals surface area (Å²) in [5.74, 6) is 1.93. The lowest BCUT2D eigenvalue weighted by Gasteiger charge is -2.37. The number of aromatic nitrogens is 5. The van der Waals surface area contributed by atoms with Gasteiger partial charge in [0.15, 0.2) is 0 Å². The summed E-state index contributed by atoms with van der Waals surface area (Å²) in [7, 11) is 3.47. The molecule has 1 aliphatic heterocycles. The highest BCUT2D eigenvalue weighted by atomic mass is 16.5. The highest BCUT2D eigenvalue weighted by Crippen LogP contribution is 2.42. The first kappa shape index (κ1) is 20.1. The van der Waals surface area contributed by atoms with Crippen LogP contribution in [0.3, 0.4) is 0 Å². The van der Waals surface area contributed by atoms with E-state index in [9.17, 15) is 0 Å². The summed E-state index contributed by atoms with van der Waals surface area (Å²) in [5.41, 5.74) is 2.95. The fourth-order valence-corrected chi connectivity index (χ4v) is 5.13. The molecule has 4 heterocycles. The smallest absolute Gasteiger partial charge is 0.213 e. The molecule has 3 aromatic heterocycles. The molecule has 2 fully saturated rings. The Hall–Kier alpha value is -2.84. The molecular formula is C23H28N6O2. The summed E-state index contributed by atoms with van der Waals surface area (Å²) in [6, 6.07) is 10.1. The number of pyridine rings is 2. The molecule has 0 aromatic carbocycles. The van der Waals surface area contributed by atoms with Crippen LogP contribution in [0.1, 0.15) is 24.6 Å². The molecule has 2 aliphatic rings. The van der Waals surface area contributed by atoms with E-state index in [-0.39, 0.29) is 12.1 Å². The van der Waals surface area contributed by atoms with E-state index in [4.69, 9.17) is 9.47 Å². The fourth-order valence-electron chi connectivity index (χ4n) is 5.13. The van der Waals surface area contributed by atoms with Crippen molar-refractivity contribution in [2.75, 3.05) is 27.3 Å². The molecule has 0 spiro atoms. The molecule has 0 radical (unpaired) electrons. The molecule has 1 saturated heterocycles. The van der Waals surface area contributed by atoms with Crippen LogP contribution >= 0.6 is 0 Å². The SMILES string of the molecule is COc1cccc(CN2C[C@H]3C[C@@H](n4cc(-c5ccncc5)nn4)[C@H](OC)C[C@H]3C2)n1. The quantitative estimate of drug-likeness (QED) is 0.607. The zero-order valence-electron chi connectivity index (χ0n) is 18.0. The highest BCUT2D eigenvalue weighted by Gasteiger charge is 2.43. The molecule has 1 aliphatic carbocycles. The van der Waals surface area contributed by atoms with Crippen LogP contribution in [0, 0.1) is 11.8 Å². The number of nitrogens with zero attached hydrogens (tertiary/aromatic N) is 6. The van der Waals surface area contributed by atoms with E-state index >= 15 is 0 Å². The van der Waals surface area contributed by atoms with Crippen LogP contribution in [0.5, 0.6) is 5.88 Å². The Morgan fingerprint density at radius 2 is 1.84 bits per heavy atom. The molecule has 8 heteroatoms. The largest absolute Gasteiger partial charge is 0.481 e. The molecule has 0 bridgehead atoms. The van der Waals surface area contributed by atoms with Crippen LogP contribution in [0.4, 0.5) is 0 Å². The lowest BCUT2D eigenvalue weighted by molar-refractivity contribution is -0.00545. The molecule has 4 atom stereocenters. The summed E-state index contributed by atoms with van der Waals surface area (Å²) >= 11 is 0. The Morgan fingerprint density at radius 3 is 2.61 bits per heavy atom. The molecule has 0 amide bonds. The van der Waals surface area contributed by atoms with Gasteiger partial charge >= 0.3 is 0 Å². The third-order valence-corrected chi connectivity index (χ3v) is 6.67. The van der Waals surface area contributed by atoms with Gasteiger partial charge in [0.25, 0.3) is 0 Å². The van der Waals surface area contributed by atoms with E-state index in [1.807, 2.05) is 42.3 Å². The van der Waals surface area contributed by atoms with E-state index in [1.54, 1.807) is 19.5 Å². The van der Waals surface area contributed by atoms with Gasteiger partial charge in [-0.15, -0.1) is 5.10 Å². The molecule has 162 valence electrons. The van der Waals surface area contributed by atoms with Crippen molar-refractivity contribution < 1.29 is 9.47 Å². The topological polar surface area (TPSA) is 78.2 Å². The number of likely N-dealkylation sites (tertiary alicyclic amines) is 1. The van der Waals surface area contributed by atoms with Gasteiger partial charge in [-0.3, -0.25) is 9.88 Å². The second-order valence-corrected chi connectivity index (χ2v) is 8.52. The van der Waals surface area contributed by atoms with Crippen molar-refractivity contribution in [1.82, 2.24) is 29.9 Å². The normalized spacial score (nSPS) is 26.0. The molecule has 3 aromatic rings. The van der Waals surface area contributed by atoms with Crippen LogP contribution in [0.15, 0.2) is 48.9 Å². The first-order chi connectivity index (χ1) is 15.2. The standard InChI is InChI=1S/C23H28N6O2/c1-30-22-11-18-13-28(14-19-4-3-5-23(25-19)31-2)12-17(18)10-21(22)29-15-20(26-27-29)16-6-8-24-9-7-16/h3-9,15,17-18,21-22H,10-14H2,1-2H3/t17-,18+,21-,22-/m1/s1. The van der Waals surface area contributed by atoms with Gasteiger partial charge in [0, 0.05) is 50.8 Å². The third kappa shape index (κ3) is 4.18. The molecule has 0 N–H and O–H groups in total. The van der Waals surface area contributed by atoms with Gasteiger partial charge in [-0.05, 0) is 42.9 Å². The van der Waals surface area contributed by atoms with Gasteiger partial charge in [0.1, 0.15) is 5.69 Å². The van der Waals surface area contributed by atoms with Crippen LogP contribution in [0.2, 0.25) is 0 Å². The zero-order chi connectivity index (χ0) is 21.2. The van der Waals surface area contributed by atoms with E-state index in [0.717, 1.165) is 49.4 Å². The summed E-state index contributed by atoms with van der Waals surface area (Å²) < 4.78 is 13.2. The monoisotopic (exact) mass is 420 g/mol. The number of methoxy groups -OCH3 is 2. The van der Waals surface area contributed by atoms with Crippen molar-refractivity contribution in [3.8, 4) is 17.1 Å². The second-order valence-electron chi connectivity index (χ2n) is 8.52. The minimum absolute atomic E-state index is 0.142. The van der Waals surface area contributed by atoms with Gasteiger partial charge in [-0.25, -0.2) is 9.67 Å². The Labute approximate surface area is 182 Å². The number of hydrogen-bond acceptors (Lipinski definition) is 7. The number of rotatable bonds is 6. The van der Waals surface area contributed by atoms with E-state index in [1.165, 1.54) is 0 Å². The molecule has 8 nitrogen and oxygen atoms in total.